The third-order valence-electron chi connectivity index (χ3n) is 3.30. The molecule has 0 unspecified atom stereocenters. The summed E-state index contributed by atoms with van der Waals surface area (Å²) < 4.78 is 5.41. The lowest BCUT2D eigenvalue weighted by Gasteiger charge is -2.42. The van der Waals surface area contributed by atoms with Crippen LogP contribution in [0.5, 0.6) is 0 Å². The van der Waals surface area contributed by atoms with E-state index in [1.165, 1.54) is 12.8 Å². The molecule has 0 aromatic rings. The Kier molecular flexibility index (Phi) is 3.50. The second-order valence-corrected chi connectivity index (χ2v) is 5.39. The molecule has 2 rings (SSSR count). The molecule has 4 heteroatoms. The van der Waals surface area contributed by atoms with Gasteiger partial charge in [0.05, 0.1) is 18.8 Å². The first-order chi connectivity index (χ1) is 7.59. The van der Waals surface area contributed by atoms with E-state index in [0.29, 0.717) is 25.7 Å². The van der Waals surface area contributed by atoms with Crippen molar-refractivity contribution in [2.45, 2.75) is 44.7 Å². The molecule has 0 bridgehead atoms. The Bertz CT molecular complexity index is 262. The maximum Gasteiger partial charge on any atom is 0.224 e. The van der Waals surface area contributed by atoms with Gasteiger partial charge in [-0.05, 0) is 26.7 Å². The van der Waals surface area contributed by atoms with Crippen LogP contribution in [0, 0.1) is 0 Å². The molecule has 0 radical (unpaired) electrons. The van der Waals surface area contributed by atoms with Crippen molar-refractivity contribution in [3.8, 4) is 0 Å². The molecule has 1 N–H and O–H groups in total. The van der Waals surface area contributed by atoms with Crippen LogP contribution in [0.3, 0.4) is 0 Å². The van der Waals surface area contributed by atoms with Gasteiger partial charge in [-0.2, -0.15) is 0 Å². The zero-order chi connectivity index (χ0) is 11.6. The number of nitrogens with zero attached hydrogens (tertiary/aromatic N) is 1. The van der Waals surface area contributed by atoms with E-state index in [2.05, 4.69) is 19.2 Å². The van der Waals surface area contributed by atoms with Crippen LogP contribution in [0.15, 0.2) is 0 Å². The van der Waals surface area contributed by atoms with Gasteiger partial charge in [-0.3, -0.25) is 4.79 Å². The average Bonchev–Trinajstić information content (AvgIpc) is 3.00. The van der Waals surface area contributed by atoms with Crippen molar-refractivity contribution in [3.05, 3.63) is 0 Å². The van der Waals surface area contributed by atoms with Gasteiger partial charge in [0.15, 0.2) is 0 Å². The summed E-state index contributed by atoms with van der Waals surface area (Å²) in [6.45, 7) is 7.00. The van der Waals surface area contributed by atoms with Crippen molar-refractivity contribution in [1.82, 2.24) is 10.2 Å². The minimum atomic E-state index is -0.144. The predicted octanol–water partition coefficient (Wildman–Crippen LogP) is 0.766. The van der Waals surface area contributed by atoms with Crippen LogP contribution in [-0.4, -0.2) is 48.7 Å². The maximum absolute atomic E-state index is 12.0. The second-order valence-electron chi connectivity index (χ2n) is 5.39. The highest BCUT2D eigenvalue weighted by Gasteiger charge is 2.33. The highest BCUT2D eigenvalue weighted by Crippen LogP contribution is 2.21. The van der Waals surface area contributed by atoms with Crippen LogP contribution in [0.4, 0.5) is 0 Å². The van der Waals surface area contributed by atoms with Crippen molar-refractivity contribution in [2.75, 3.05) is 26.3 Å². The number of nitrogens with one attached hydrogen (secondary N) is 1. The molecule has 0 aromatic carbocycles. The molecule has 0 spiro atoms. The molecule has 92 valence electrons. The number of hydrogen-bond acceptors (Lipinski definition) is 3. The zero-order valence-corrected chi connectivity index (χ0v) is 10.3. The van der Waals surface area contributed by atoms with Crippen molar-refractivity contribution in [3.63, 3.8) is 0 Å². The summed E-state index contributed by atoms with van der Waals surface area (Å²) in [5.74, 6) is 0.251. The van der Waals surface area contributed by atoms with Crippen molar-refractivity contribution in [1.29, 1.82) is 0 Å². The molecule has 1 aliphatic heterocycles. The second kappa shape index (κ2) is 4.72. The third-order valence-corrected chi connectivity index (χ3v) is 3.30. The van der Waals surface area contributed by atoms with Crippen LogP contribution in [0.1, 0.15) is 33.1 Å². The van der Waals surface area contributed by atoms with Gasteiger partial charge in [0, 0.05) is 25.6 Å². The topological polar surface area (TPSA) is 41.6 Å². The first-order valence-electron chi connectivity index (χ1n) is 6.21. The molecule has 2 aliphatic rings. The fourth-order valence-electron chi connectivity index (χ4n) is 2.13. The number of morpholine rings is 1. The number of carbonyl (C=O) groups excluding carboxylic acids is 1. The van der Waals surface area contributed by atoms with Gasteiger partial charge in [0.25, 0.3) is 0 Å². The maximum atomic E-state index is 12.0. The Hall–Kier alpha value is -0.610. The Morgan fingerprint density at radius 1 is 1.50 bits per heavy atom. The first-order valence-corrected chi connectivity index (χ1v) is 6.21. The number of hydrogen-bond donors (Lipinski definition) is 1. The highest BCUT2D eigenvalue weighted by atomic mass is 16.5. The van der Waals surface area contributed by atoms with Gasteiger partial charge in [0.1, 0.15) is 0 Å². The molecule has 2 fully saturated rings. The molecule has 1 heterocycles. The Balaban J connectivity index is 1.77. The van der Waals surface area contributed by atoms with E-state index in [4.69, 9.17) is 4.74 Å². The lowest BCUT2D eigenvalue weighted by Crippen LogP contribution is -2.55. The van der Waals surface area contributed by atoms with Gasteiger partial charge >= 0.3 is 0 Å². The Labute approximate surface area is 97.3 Å². The molecule has 4 nitrogen and oxygen atoms in total. The molecule has 1 saturated heterocycles. The smallest absolute Gasteiger partial charge is 0.224 e. The van der Waals surface area contributed by atoms with E-state index in [9.17, 15) is 4.79 Å². The Morgan fingerprint density at radius 2 is 2.25 bits per heavy atom. The highest BCUT2D eigenvalue weighted by molar-refractivity contribution is 5.77. The van der Waals surface area contributed by atoms with Gasteiger partial charge < -0.3 is 15.0 Å². The molecular weight excluding hydrogens is 204 g/mol. The normalized spacial score (nSPS) is 24.5. The molecule has 1 amide bonds. The van der Waals surface area contributed by atoms with E-state index in [-0.39, 0.29) is 11.4 Å². The van der Waals surface area contributed by atoms with Gasteiger partial charge in [-0.1, -0.05) is 0 Å². The van der Waals surface area contributed by atoms with Crippen LogP contribution in [-0.2, 0) is 9.53 Å². The number of rotatable bonds is 4. The fraction of sp³-hybridized carbons (Fsp3) is 0.917. The molecule has 0 atom stereocenters. The number of ether oxygens (including phenoxy) is 1. The van der Waals surface area contributed by atoms with Gasteiger partial charge in [-0.25, -0.2) is 0 Å². The van der Waals surface area contributed by atoms with Crippen LogP contribution in [0.2, 0.25) is 0 Å². The van der Waals surface area contributed by atoms with Crippen LogP contribution < -0.4 is 5.32 Å². The monoisotopic (exact) mass is 226 g/mol. The largest absolute Gasteiger partial charge is 0.377 e. The third kappa shape index (κ3) is 2.95. The Morgan fingerprint density at radius 3 is 2.88 bits per heavy atom. The fourth-order valence-corrected chi connectivity index (χ4v) is 2.13. The lowest BCUT2D eigenvalue weighted by atomic mass is 10.0. The number of carbonyl (C=O) groups is 1. The van der Waals surface area contributed by atoms with Crippen LogP contribution in [0.25, 0.3) is 0 Å². The summed E-state index contributed by atoms with van der Waals surface area (Å²) in [6, 6.07) is 0.686. The molecule has 1 aliphatic carbocycles. The van der Waals surface area contributed by atoms with E-state index in [0.717, 1.165) is 13.1 Å². The van der Waals surface area contributed by atoms with E-state index in [1.807, 2.05) is 4.90 Å². The molecule has 1 saturated carbocycles. The molecular formula is C12H22N2O2. The summed E-state index contributed by atoms with van der Waals surface area (Å²) in [5, 5.41) is 3.38. The predicted molar refractivity (Wildman–Crippen MR) is 62.3 cm³/mol. The number of amides is 1. The quantitative estimate of drug-likeness (QED) is 0.769. The first kappa shape index (κ1) is 11.9. The SMILES string of the molecule is CC1(C)COCCN1C(=O)CCNC1CC1. The molecule has 16 heavy (non-hydrogen) atoms. The standard InChI is InChI=1S/C12H22N2O2/c1-12(2)9-16-8-7-14(12)11(15)5-6-13-10-3-4-10/h10,13H,3-9H2,1-2H3. The minimum absolute atomic E-state index is 0.144. The van der Waals surface area contributed by atoms with Crippen molar-refractivity contribution < 1.29 is 9.53 Å². The summed E-state index contributed by atoms with van der Waals surface area (Å²) in [6.07, 6.45) is 3.16. The van der Waals surface area contributed by atoms with Crippen molar-refractivity contribution >= 4 is 5.91 Å². The summed E-state index contributed by atoms with van der Waals surface area (Å²) in [4.78, 5) is 14.0. The van der Waals surface area contributed by atoms with Gasteiger partial charge in [0.2, 0.25) is 5.91 Å². The zero-order valence-electron chi connectivity index (χ0n) is 10.3. The summed E-state index contributed by atoms with van der Waals surface area (Å²) >= 11 is 0. The van der Waals surface area contributed by atoms with E-state index >= 15 is 0 Å². The average molecular weight is 226 g/mol. The van der Waals surface area contributed by atoms with E-state index < -0.39 is 0 Å². The minimum Gasteiger partial charge on any atom is -0.377 e. The summed E-state index contributed by atoms with van der Waals surface area (Å²) in [5.41, 5.74) is -0.144. The summed E-state index contributed by atoms with van der Waals surface area (Å²) in [7, 11) is 0. The molecule has 0 aromatic heterocycles. The van der Waals surface area contributed by atoms with E-state index in [1.54, 1.807) is 0 Å². The van der Waals surface area contributed by atoms with Crippen molar-refractivity contribution in [2.24, 2.45) is 0 Å². The lowest BCUT2D eigenvalue weighted by molar-refractivity contribution is -0.146. The van der Waals surface area contributed by atoms with Crippen LogP contribution >= 0.6 is 0 Å². The van der Waals surface area contributed by atoms with Gasteiger partial charge in [-0.15, -0.1) is 0 Å².